The van der Waals surface area contributed by atoms with E-state index in [9.17, 15) is 9.18 Å². The van der Waals surface area contributed by atoms with Crippen LogP contribution in [0.1, 0.15) is 18.1 Å². The van der Waals surface area contributed by atoms with Crippen molar-refractivity contribution in [1.29, 1.82) is 0 Å². The van der Waals surface area contributed by atoms with Crippen molar-refractivity contribution in [1.82, 2.24) is 0 Å². The van der Waals surface area contributed by atoms with Crippen LogP contribution in [0.25, 0.3) is 0 Å². The van der Waals surface area contributed by atoms with Crippen LogP contribution < -0.4 is 5.32 Å². The summed E-state index contributed by atoms with van der Waals surface area (Å²) in [6, 6.07) is 14.0. The molecule has 0 aliphatic carbocycles. The number of hydrogen-bond donors (Lipinski definition) is 1. The highest BCUT2D eigenvalue weighted by Gasteiger charge is 2.36. The Morgan fingerprint density at radius 2 is 1.86 bits per heavy atom. The lowest BCUT2D eigenvalue weighted by atomic mass is 9.90. The van der Waals surface area contributed by atoms with Gasteiger partial charge in [0.25, 0.3) is 0 Å². The molecule has 0 saturated heterocycles. The van der Waals surface area contributed by atoms with Gasteiger partial charge in [-0.25, -0.2) is 9.18 Å². The summed E-state index contributed by atoms with van der Waals surface area (Å²) in [6.45, 7) is 3.36. The number of halogens is 1. The molecule has 2 aromatic rings. The predicted octanol–water partition coefficient (Wildman–Crippen LogP) is 3.63. The van der Waals surface area contributed by atoms with Crippen LogP contribution in [0.15, 0.2) is 48.5 Å². The molecule has 0 heterocycles. The maximum absolute atomic E-state index is 13.8. The van der Waals surface area contributed by atoms with Crippen LogP contribution in [0, 0.1) is 12.7 Å². The fourth-order valence-electron chi connectivity index (χ4n) is 2.16. The zero-order valence-electron chi connectivity index (χ0n) is 12.3. The van der Waals surface area contributed by atoms with E-state index in [1.165, 1.54) is 13.2 Å². The fraction of sp³-hybridized carbons (Fsp3) is 0.235. The Labute approximate surface area is 123 Å². The van der Waals surface area contributed by atoms with Gasteiger partial charge in [0.1, 0.15) is 5.82 Å². The maximum atomic E-state index is 13.8. The third-order valence-corrected chi connectivity index (χ3v) is 3.51. The molecule has 2 aromatic carbocycles. The predicted molar refractivity (Wildman–Crippen MR) is 80.6 cm³/mol. The number of benzene rings is 2. The van der Waals surface area contributed by atoms with Crippen molar-refractivity contribution in [3.05, 3.63) is 65.5 Å². The minimum absolute atomic E-state index is 0.350. The largest absolute Gasteiger partial charge is 0.467 e. The van der Waals surface area contributed by atoms with Crippen LogP contribution in [-0.4, -0.2) is 13.1 Å². The van der Waals surface area contributed by atoms with Crippen molar-refractivity contribution in [2.45, 2.75) is 19.4 Å². The first kappa shape index (κ1) is 15.0. The Morgan fingerprint density at radius 1 is 1.19 bits per heavy atom. The third-order valence-electron chi connectivity index (χ3n) is 3.51. The van der Waals surface area contributed by atoms with Gasteiger partial charge < -0.3 is 10.1 Å². The third kappa shape index (κ3) is 3.05. The van der Waals surface area contributed by atoms with Gasteiger partial charge in [0.2, 0.25) is 0 Å². The fourth-order valence-corrected chi connectivity index (χ4v) is 2.16. The van der Waals surface area contributed by atoms with Crippen molar-refractivity contribution in [3.63, 3.8) is 0 Å². The van der Waals surface area contributed by atoms with Crippen molar-refractivity contribution in [3.8, 4) is 0 Å². The van der Waals surface area contributed by atoms with Crippen LogP contribution in [-0.2, 0) is 15.1 Å². The van der Waals surface area contributed by atoms with Crippen LogP contribution in [0.5, 0.6) is 0 Å². The number of anilines is 1. The Bertz CT molecular complexity index is 642. The van der Waals surface area contributed by atoms with Crippen molar-refractivity contribution in [2.75, 3.05) is 12.4 Å². The number of nitrogens with one attached hydrogen (secondary N) is 1. The summed E-state index contributed by atoms with van der Waals surface area (Å²) in [7, 11) is 1.32. The molecule has 3 nitrogen and oxygen atoms in total. The number of aryl methyl sites for hydroxylation is 1. The van der Waals surface area contributed by atoms with E-state index in [4.69, 9.17) is 4.74 Å². The lowest BCUT2D eigenvalue weighted by Gasteiger charge is -2.29. The molecule has 4 heteroatoms. The molecule has 1 unspecified atom stereocenters. The van der Waals surface area contributed by atoms with Crippen LogP contribution in [0.2, 0.25) is 0 Å². The molecular weight excluding hydrogens is 269 g/mol. The SMILES string of the molecule is COC(=O)C(C)(Nc1ccccc1)c1ccc(C)c(F)c1. The standard InChI is InChI=1S/C17H18FNO2/c1-12-9-10-13(11-15(12)18)17(2,16(20)21-3)19-14-7-5-4-6-8-14/h4-11,19H,1-3H3. The number of methoxy groups -OCH3 is 1. The van der Waals surface area contributed by atoms with Crippen LogP contribution >= 0.6 is 0 Å². The van der Waals surface area contributed by atoms with E-state index in [2.05, 4.69) is 5.32 Å². The molecular formula is C17H18FNO2. The van der Waals surface area contributed by atoms with Crippen molar-refractivity contribution in [2.24, 2.45) is 0 Å². The number of hydrogen-bond acceptors (Lipinski definition) is 3. The van der Waals surface area contributed by atoms with Crippen molar-refractivity contribution >= 4 is 11.7 Å². The van der Waals surface area contributed by atoms with Gasteiger partial charge >= 0.3 is 5.97 Å². The Balaban J connectivity index is 2.46. The molecule has 21 heavy (non-hydrogen) atoms. The van der Waals surface area contributed by atoms with E-state index in [1.807, 2.05) is 30.3 Å². The van der Waals surface area contributed by atoms with E-state index in [1.54, 1.807) is 26.0 Å². The van der Waals surface area contributed by atoms with Gasteiger partial charge in [-0.05, 0) is 43.2 Å². The number of esters is 1. The van der Waals surface area contributed by atoms with Gasteiger partial charge in [-0.2, -0.15) is 0 Å². The molecule has 0 amide bonds. The molecule has 1 atom stereocenters. The van der Waals surface area contributed by atoms with E-state index in [0.29, 0.717) is 11.1 Å². The number of carbonyl (C=O) groups is 1. The summed E-state index contributed by atoms with van der Waals surface area (Å²) < 4.78 is 18.7. The van der Waals surface area contributed by atoms with Gasteiger partial charge in [0.05, 0.1) is 7.11 Å². The smallest absolute Gasteiger partial charge is 0.335 e. The molecule has 0 aliphatic rings. The molecule has 0 fully saturated rings. The second kappa shape index (κ2) is 5.95. The highest BCUT2D eigenvalue weighted by Crippen LogP contribution is 2.28. The normalized spacial score (nSPS) is 13.3. The quantitative estimate of drug-likeness (QED) is 0.873. The molecule has 0 bridgehead atoms. The summed E-state index contributed by atoms with van der Waals surface area (Å²) in [6.07, 6.45) is 0. The maximum Gasteiger partial charge on any atom is 0.335 e. The Hall–Kier alpha value is -2.36. The molecule has 0 saturated carbocycles. The van der Waals surface area contributed by atoms with Gasteiger partial charge in [0, 0.05) is 5.69 Å². The molecule has 2 rings (SSSR count). The van der Waals surface area contributed by atoms with E-state index in [0.717, 1.165) is 5.69 Å². The highest BCUT2D eigenvalue weighted by molar-refractivity contribution is 5.85. The first-order valence-corrected chi connectivity index (χ1v) is 6.65. The molecule has 0 aromatic heterocycles. The molecule has 0 radical (unpaired) electrons. The summed E-state index contributed by atoms with van der Waals surface area (Å²) in [5.74, 6) is -0.827. The molecule has 0 aliphatic heterocycles. The van der Waals surface area contributed by atoms with Crippen LogP contribution in [0.3, 0.4) is 0 Å². The lowest BCUT2D eigenvalue weighted by Crippen LogP contribution is -2.41. The minimum atomic E-state index is -1.16. The average Bonchev–Trinajstić information content (AvgIpc) is 2.50. The van der Waals surface area contributed by atoms with Crippen molar-refractivity contribution < 1.29 is 13.9 Å². The number of carbonyl (C=O) groups excluding carboxylic acids is 1. The summed E-state index contributed by atoms with van der Waals surface area (Å²) in [4.78, 5) is 12.2. The summed E-state index contributed by atoms with van der Waals surface area (Å²) in [5.41, 5.74) is 0.642. The van der Waals surface area contributed by atoms with E-state index in [-0.39, 0.29) is 5.82 Å². The highest BCUT2D eigenvalue weighted by atomic mass is 19.1. The second-order valence-electron chi connectivity index (χ2n) is 5.07. The molecule has 1 N–H and O–H groups in total. The number of rotatable bonds is 4. The van der Waals surface area contributed by atoms with Gasteiger partial charge in [-0.1, -0.05) is 30.3 Å². The van der Waals surface area contributed by atoms with Crippen LogP contribution in [0.4, 0.5) is 10.1 Å². The van der Waals surface area contributed by atoms with E-state index >= 15 is 0 Å². The first-order valence-electron chi connectivity index (χ1n) is 6.65. The molecule has 0 spiro atoms. The second-order valence-corrected chi connectivity index (χ2v) is 5.07. The van der Waals surface area contributed by atoms with Gasteiger partial charge in [-0.3, -0.25) is 0 Å². The number of para-hydroxylation sites is 1. The summed E-state index contributed by atoms with van der Waals surface area (Å²) in [5, 5.41) is 3.13. The molecule has 110 valence electrons. The zero-order valence-corrected chi connectivity index (χ0v) is 12.3. The average molecular weight is 287 g/mol. The summed E-state index contributed by atoms with van der Waals surface area (Å²) >= 11 is 0. The zero-order chi connectivity index (χ0) is 15.5. The monoisotopic (exact) mass is 287 g/mol. The Morgan fingerprint density at radius 3 is 2.43 bits per heavy atom. The minimum Gasteiger partial charge on any atom is -0.467 e. The Kier molecular flexibility index (Phi) is 4.26. The lowest BCUT2D eigenvalue weighted by molar-refractivity contribution is -0.145. The van der Waals surface area contributed by atoms with E-state index < -0.39 is 11.5 Å². The van der Waals surface area contributed by atoms with Gasteiger partial charge in [-0.15, -0.1) is 0 Å². The number of ether oxygens (including phenoxy) is 1. The van der Waals surface area contributed by atoms with Gasteiger partial charge in [0.15, 0.2) is 5.54 Å². The first-order chi connectivity index (χ1) is 9.97. The topological polar surface area (TPSA) is 38.3 Å².